The van der Waals surface area contributed by atoms with E-state index in [2.05, 4.69) is 10.2 Å². The lowest BCUT2D eigenvalue weighted by Gasteiger charge is -2.28. The number of hydrogen-bond donors (Lipinski definition) is 0. The van der Waals surface area contributed by atoms with Gasteiger partial charge in [0.25, 0.3) is 0 Å². The minimum absolute atomic E-state index is 0.0941. The quantitative estimate of drug-likeness (QED) is 0.523. The number of carbonyl (C=O) groups is 1. The SMILES string of the molecule is CCOC(=O)N1[C@@H]2[C@H]3C[C@@H]([C@H]4[C@@H]3[C@H]3C[C@H]4N=N3)[C@@H]21. The summed E-state index contributed by atoms with van der Waals surface area (Å²) in [7, 11) is 0. The lowest BCUT2D eigenvalue weighted by atomic mass is 9.79. The predicted octanol–water partition coefficient (Wildman–Crippen LogP) is 1.68. The fourth-order valence-electron chi connectivity index (χ4n) is 5.63. The van der Waals surface area contributed by atoms with Gasteiger partial charge in [-0.2, -0.15) is 10.2 Å². The van der Waals surface area contributed by atoms with Gasteiger partial charge in [-0.1, -0.05) is 0 Å². The van der Waals surface area contributed by atoms with Crippen LogP contribution in [0.5, 0.6) is 0 Å². The molecule has 8 atom stereocenters. The fourth-order valence-corrected chi connectivity index (χ4v) is 5.63. The molecule has 5 heteroatoms. The Morgan fingerprint density at radius 3 is 2.33 bits per heavy atom. The number of piperidine rings is 1. The minimum atomic E-state index is -0.0941. The third-order valence-corrected chi connectivity index (χ3v) is 5.97. The Morgan fingerprint density at radius 2 is 1.78 bits per heavy atom. The smallest absolute Gasteiger partial charge is 0.410 e. The molecule has 2 heterocycles. The Labute approximate surface area is 106 Å². The van der Waals surface area contributed by atoms with E-state index in [1.54, 1.807) is 0 Å². The largest absolute Gasteiger partial charge is 0.450 e. The molecule has 2 aliphatic heterocycles. The van der Waals surface area contributed by atoms with E-state index in [1.165, 1.54) is 12.8 Å². The highest BCUT2D eigenvalue weighted by molar-refractivity contribution is 5.73. The van der Waals surface area contributed by atoms with Crippen LogP contribution in [-0.2, 0) is 4.74 Å². The van der Waals surface area contributed by atoms with Gasteiger partial charge in [0.15, 0.2) is 0 Å². The average molecular weight is 247 g/mol. The monoisotopic (exact) mass is 247 g/mol. The van der Waals surface area contributed by atoms with E-state index in [4.69, 9.17) is 4.74 Å². The summed E-state index contributed by atoms with van der Waals surface area (Å²) in [5.41, 5.74) is 0. The molecular weight excluding hydrogens is 230 g/mol. The topological polar surface area (TPSA) is 54.0 Å². The van der Waals surface area contributed by atoms with Crippen LogP contribution in [0.1, 0.15) is 19.8 Å². The van der Waals surface area contributed by atoms with Gasteiger partial charge in [0, 0.05) is 0 Å². The summed E-state index contributed by atoms with van der Waals surface area (Å²) in [6.07, 6.45) is 2.39. The lowest BCUT2D eigenvalue weighted by molar-refractivity contribution is 0.125. The molecule has 0 aromatic heterocycles. The van der Waals surface area contributed by atoms with E-state index in [1.807, 2.05) is 11.8 Å². The van der Waals surface area contributed by atoms with Gasteiger partial charge in [-0.25, -0.2) is 4.79 Å². The molecule has 5 nitrogen and oxygen atoms in total. The fraction of sp³-hybridized carbons (Fsp3) is 0.923. The Bertz CT molecular complexity index is 435. The Kier molecular flexibility index (Phi) is 1.56. The first kappa shape index (κ1) is 9.75. The Hall–Kier alpha value is -1.13. The van der Waals surface area contributed by atoms with Gasteiger partial charge in [0.2, 0.25) is 0 Å². The molecule has 0 N–H and O–H groups in total. The number of ether oxygens (including phenoxy) is 1. The summed E-state index contributed by atoms with van der Waals surface area (Å²) in [4.78, 5) is 13.9. The van der Waals surface area contributed by atoms with Crippen LogP contribution in [0.15, 0.2) is 10.2 Å². The third kappa shape index (κ3) is 0.884. The molecule has 0 unspecified atom stereocenters. The highest BCUT2D eigenvalue weighted by Crippen LogP contribution is 2.69. The normalized spacial score (nSPS) is 56.8. The van der Waals surface area contributed by atoms with Gasteiger partial charge in [-0.05, 0) is 43.4 Å². The molecule has 18 heavy (non-hydrogen) atoms. The van der Waals surface area contributed by atoms with Crippen molar-refractivity contribution in [3.63, 3.8) is 0 Å². The first-order valence-electron chi connectivity index (χ1n) is 7.16. The molecule has 4 bridgehead atoms. The lowest BCUT2D eigenvalue weighted by Crippen LogP contribution is -2.33. The van der Waals surface area contributed by atoms with Crippen molar-refractivity contribution in [1.29, 1.82) is 0 Å². The highest BCUT2D eigenvalue weighted by Gasteiger charge is 2.76. The second-order valence-corrected chi connectivity index (χ2v) is 6.41. The van der Waals surface area contributed by atoms with Crippen LogP contribution in [0, 0.1) is 23.7 Å². The van der Waals surface area contributed by atoms with Crippen molar-refractivity contribution in [3.8, 4) is 0 Å². The maximum atomic E-state index is 11.9. The standard InChI is InChI=1S/C13H17N3O2/c1-2-18-13(17)16-11-5-3-6(12(11)16)10-8-4-7(9(5)10)14-15-8/h5-12H,2-4H2,1H3/t5-,6-,7+,8+,9-,10+,11+,12-,16?/m0/s1. The third-order valence-electron chi connectivity index (χ3n) is 5.97. The highest BCUT2D eigenvalue weighted by atomic mass is 16.6. The average Bonchev–Trinajstić information content (AvgIpc) is 2.83. The predicted molar refractivity (Wildman–Crippen MR) is 62.1 cm³/mol. The van der Waals surface area contributed by atoms with Crippen molar-refractivity contribution in [2.45, 2.75) is 43.9 Å². The first-order valence-corrected chi connectivity index (χ1v) is 7.16. The number of carbonyl (C=O) groups excluding carboxylic acids is 1. The van der Waals surface area contributed by atoms with Gasteiger partial charge in [0.05, 0.1) is 30.8 Å². The van der Waals surface area contributed by atoms with Crippen molar-refractivity contribution in [2.24, 2.45) is 33.9 Å². The van der Waals surface area contributed by atoms with Crippen LogP contribution < -0.4 is 0 Å². The molecule has 1 saturated heterocycles. The summed E-state index contributed by atoms with van der Waals surface area (Å²) in [5.74, 6) is 2.81. The summed E-state index contributed by atoms with van der Waals surface area (Å²) in [5, 5.41) is 8.83. The number of hydrogen-bond acceptors (Lipinski definition) is 4. The van der Waals surface area contributed by atoms with E-state index in [0.717, 1.165) is 11.8 Å². The molecule has 5 aliphatic rings. The number of likely N-dealkylation sites (tertiary alicyclic amines) is 1. The maximum Gasteiger partial charge on any atom is 0.410 e. The molecular formula is C13H17N3O2. The van der Waals surface area contributed by atoms with Crippen LogP contribution in [0.3, 0.4) is 0 Å². The van der Waals surface area contributed by atoms with E-state index >= 15 is 0 Å². The van der Waals surface area contributed by atoms with Gasteiger partial charge >= 0.3 is 6.09 Å². The zero-order valence-corrected chi connectivity index (χ0v) is 10.4. The first-order chi connectivity index (χ1) is 8.81. The molecule has 3 saturated carbocycles. The zero-order chi connectivity index (χ0) is 12.0. The van der Waals surface area contributed by atoms with E-state index in [0.29, 0.717) is 42.6 Å². The molecule has 0 spiro atoms. The molecule has 1 amide bonds. The van der Waals surface area contributed by atoms with Gasteiger partial charge in [0.1, 0.15) is 0 Å². The molecule has 96 valence electrons. The van der Waals surface area contributed by atoms with Crippen LogP contribution >= 0.6 is 0 Å². The molecule has 4 fully saturated rings. The number of fused-ring (bicyclic) bond motifs is 12. The summed E-state index contributed by atoms with van der Waals surface area (Å²) in [6, 6.07) is 1.90. The van der Waals surface area contributed by atoms with Crippen molar-refractivity contribution in [2.75, 3.05) is 6.61 Å². The molecule has 0 aromatic rings. The Balaban J connectivity index is 1.44. The molecule has 0 radical (unpaired) electrons. The summed E-state index contributed by atoms with van der Waals surface area (Å²) >= 11 is 0. The number of azo groups is 1. The second-order valence-electron chi connectivity index (χ2n) is 6.41. The van der Waals surface area contributed by atoms with E-state index < -0.39 is 0 Å². The van der Waals surface area contributed by atoms with Gasteiger partial charge in [-0.15, -0.1) is 0 Å². The van der Waals surface area contributed by atoms with E-state index in [9.17, 15) is 4.79 Å². The summed E-state index contributed by atoms with van der Waals surface area (Å²) in [6.45, 7) is 2.35. The van der Waals surface area contributed by atoms with Crippen LogP contribution in [0.2, 0.25) is 0 Å². The molecule has 5 rings (SSSR count). The van der Waals surface area contributed by atoms with Gasteiger partial charge in [-0.3, -0.25) is 4.90 Å². The molecule has 0 aromatic carbocycles. The van der Waals surface area contributed by atoms with Crippen LogP contribution in [0.25, 0.3) is 0 Å². The minimum Gasteiger partial charge on any atom is -0.450 e. The van der Waals surface area contributed by atoms with Crippen molar-refractivity contribution in [1.82, 2.24) is 4.90 Å². The van der Waals surface area contributed by atoms with E-state index in [-0.39, 0.29) is 6.09 Å². The van der Waals surface area contributed by atoms with Crippen molar-refractivity contribution >= 4 is 6.09 Å². The Morgan fingerprint density at radius 1 is 1.17 bits per heavy atom. The number of amides is 1. The maximum absolute atomic E-state index is 11.9. The van der Waals surface area contributed by atoms with Crippen LogP contribution in [-0.4, -0.2) is 41.8 Å². The number of nitrogens with zero attached hydrogens (tertiary/aromatic N) is 3. The second kappa shape index (κ2) is 2.89. The van der Waals surface area contributed by atoms with Crippen LogP contribution in [0.4, 0.5) is 4.79 Å². The number of rotatable bonds is 1. The molecule has 3 aliphatic carbocycles. The zero-order valence-electron chi connectivity index (χ0n) is 10.4. The van der Waals surface area contributed by atoms with Gasteiger partial charge < -0.3 is 4.74 Å². The van der Waals surface area contributed by atoms with Crippen molar-refractivity contribution in [3.05, 3.63) is 0 Å². The van der Waals surface area contributed by atoms with Crippen molar-refractivity contribution < 1.29 is 9.53 Å². The summed E-state index contributed by atoms with van der Waals surface area (Å²) < 4.78 is 5.16.